The Morgan fingerprint density at radius 1 is 1.41 bits per heavy atom. The molecule has 1 aromatic rings. The molecule has 1 saturated carbocycles. The molecule has 17 heavy (non-hydrogen) atoms. The summed E-state index contributed by atoms with van der Waals surface area (Å²) in [6, 6.07) is 3.98. The van der Waals surface area contributed by atoms with Crippen LogP contribution in [0.4, 0.5) is 0 Å². The number of allylic oxidation sites excluding steroid dienone is 1. The summed E-state index contributed by atoms with van der Waals surface area (Å²) in [5.74, 6) is 0. The predicted octanol–water partition coefficient (Wildman–Crippen LogP) is 2.18. The maximum atomic E-state index is 8.95. The van der Waals surface area contributed by atoms with E-state index in [2.05, 4.69) is 15.2 Å². The van der Waals surface area contributed by atoms with E-state index in [0.717, 1.165) is 36.4 Å². The predicted molar refractivity (Wildman–Crippen MR) is 62.7 cm³/mol. The molecule has 1 aliphatic rings. The van der Waals surface area contributed by atoms with Crippen LogP contribution in [0.5, 0.6) is 0 Å². The Morgan fingerprint density at radius 3 is 2.88 bits per heavy atom. The van der Waals surface area contributed by atoms with Crippen molar-refractivity contribution >= 4 is 11.8 Å². The molecule has 0 aromatic carbocycles. The molecule has 0 aliphatic heterocycles. The number of hydrogen-bond acceptors (Lipinski definition) is 5. The first-order valence-electron chi connectivity index (χ1n) is 5.40. The monoisotopic (exact) mass is 245 g/mol. The Bertz CT molecular complexity index is 475. The fraction of sp³-hybridized carbons (Fsp3) is 0.455. The van der Waals surface area contributed by atoms with Crippen molar-refractivity contribution in [2.24, 2.45) is 0 Å². The highest BCUT2D eigenvalue weighted by Gasteiger charge is 2.24. The van der Waals surface area contributed by atoms with Crippen LogP contribution in [0.25, 0.3) is 0 Å². The number of nitrogens with zero attached hydrogens (tertiary/aromatic N) is 4. The third-order valence-electron chi connectivity index (χ3n) is 2.74. The van der Waals surface area contributed by atoms with Crippen molar-refractivity contribution in [3.8, 4) is 12.1 Å². The van der Waals surface area contributed by atoms with Gasteiger partial charge in [-0.05, 0) is 24.8 Å². The largest absolute Gasteiger partial charge is 0.254 e. The summed E-state index contributed by atoms with van der Waals surface area (Å²) in [5.41, 5.74) is 1.23. The quantitative estimate of drug-likeness (QED) is 0.806. The van der Waals surface area contributed by atoms with Crippen LogP contribution in [0.1, 0.15) is 25.7 Å². The fourth-order valence-electron chi connectivity index (χ4n) is 1.95. The lowest BCUT2D eigenvalue weighted by Crippen LogP contribution is -2.14. The minimum absolute atomic E-state index is 0.172. The Morgan fingerprint density at radius 2 is 2.24 bits per heavy atom. The molecular formula is C11H11N5S. The molecular weight excluding hydrogens is 234 g/mol. The van der Waals surface area contributed by atoms with E-state index < -0.39 is 0 Å². The molecule has 0 amide bonds. The first kappa shape index (κ1) is 11.7. The zero-order valence-electron chi connectivity index (χ0n) is 9.18. The Hall–Kier alpha value is -1.79. The number of aromatic amines is 1. The summed E-state index contributed by atoms with van der Waals surface area (Å²) < 4.78 is 0. The van der Waals surface area contributed by atoms with Gasteiger partial charge in [-0.1, -0.05) is 18.2 Å². The van der Waals surface area contributed by atoms with Gasteiger partial charge in [0.15, 0.2) is 5.16 Å². The molecule has 0 spiro atoms. The molecule has 1 atom stereocenters. The van der Waals surface area contributed by atoms with Crippen molar-refractivity contribution in [2.75, 3.05) is 0 Å². The van der Waals surface area contributed by atoms with Gasteiger partial charge in [0, 0.05) is 5.25 Å². The standard InChI is InChI=1S/C11H11N5S/c12-5-8(6-13)9-3-1-2-4-10(9)17-11-14-7-15-16-11/h7,10H,1-4H2,(H,14,15,16). The number of nitrogens with one attached hydrogen (secondary N) is 1. The van der Waals surface area contributed by atoms with E-state index in [1.807, 2.05) is 12.1 Å². The van der Waals surface area contributed by atoms with Crippen molar-refractivity contribution in [1.82, 2.24) is 15.2 Å². The number of thioether (sulfide) groups is 1. The van der Waals surface area contributed by atoms with E-state index in [0.29, 0.717) is 0 Å². The van der Waals surface area contributed by atoms with Gasteiger partial charge < -0.3 is 0 Å². The van der Waals surface area contributed by atoms with E-state index in [1.165, 1.54) is 6.33 Å². The molecule has 6 heteroatoms. The second kappa shape index (κ2) is 5.51. The van der Waals surface area contributed by atoms with Gasteiger partial charge in [-0.2, -0.15) is 15.6 Å². The average molecular weight is 245 g/mol. The molecule has 1 aromatic heterocycles. The number of aromatic nitrogens is 3. The van der Waals surface area contributed by atoms with Crippen LogP contribution in [0, 0.1) is 22.7 Å². The summed E-state index contributed by atoms with van der Waals surface area (Å²) in [4.78, 5) is 4.06. The number of rotatable bonds is 2. The Balaban J connectivity index is 2.22. The van der Waals surface area contributed by atoms with Crippen LogP contribution in [0.2, 0.25) is 0 Å². The van der Waals surface area contributed by atoms with Crippen molar-refractivity contribution < 1.29 is 0 Å². The molecule has 5 nitrogen and oxygen atoms in total. The first-order valence-corrected chi connectivity index (χ1v) is 6.28. The molecule has 1 heterocycles. The summed E-state index contributed by atoms with van der Waals surface area (Å²) >= 11 is 1.55. The van der Waals surface area contributed by atoms with E-state index in [9.17, 15) is 0 Å². The van der Waals surface area contributed by atoms with Crippen LogP contribution in [-0.2, 0) is 0 Å². The molecule has 0 bridgehead atoms. The molecule has 1 unspecified atom stereocenters. The fourth-order valence-corrected chi connectivity index (χ4v) is 3.10. The molecule has 86 valence electrons. The summed E-state index contributed by atoms with van der Waals surface area (Å²) in [6.07, 6.45) is 5.45. The van der Waals surface area contributed by atoms with Crippen LogP contribution >= 0.6 is 11.8 Å². The lowest BCUT2D eigenvalue weighted by atomic mass is 9.91. The Kier molecular flexibility index (Phi) is 3.79. The van der Waals surface area contributed by atoms with Crippen LogP contribution in [0.3, 0.4) is 0 Å². The van der Waals surface area contributed by atoms with E-state index >= 15 is 0 Å². The van der Waals surface area contributed by atoms with Gasteiger partial charge in [0.2, 0.25) is 0 Å². The van der Waals surface area contributed by atoms with Gasteiger partial charge in [0.25, 0.3) is 0 Å². The summed E-state index contributed by atoms with van der Waals surface area (Å²) in [6.45, 7) is 0. The van der Waals surface area contributed by atoms with E-state index in [4.69, 9.17) is 10.5 Å². The van der Waals surface area contributed by atoms with Crippen molar-refractivity contribution in [2.45, 2.75) is 36.1 Å². The highest BCUT2D eigenvalue weighted by atomic mass is 32.2. The minimum atomic E-state index is 0.172. The third kappa shape index (κ3) is 2.66. The number of hydrogen-bond donors (Lipinski definition) is 1. The topological polar surface area (TPSA) is 89.2 Å². The SMILES string of the molecule is N#CC(C#N)=C1CCCCC1Sc1ncn[nH]1. The third-order valence-corrected chi connectivity index (χ3v) is 3.97. The Labute approximate surface area is 104 Å². The second-order valence-corrected chi connectivity index (χ2v) is 4.96. The minimum Gasteiger partial charge on any atom is -0.254 e. The van der Waals surface area contributed by atoms with E-state index in [-0.39, 0.29) is 10.8 Å². The van der Waals surface area contributed by atoms with Crippen molar-refractivity contribution in [3.63, 3.8) is 0 Å². The van der Waals surface area contributed by atoms with Crippen LogP contribution in [0.15, 0.2) is 22.6 Å². The second-order valence-electron chi connectivity index (χ2n) is 3.77. The van der Waals surface area contributed by atoms with Gasteiger partial charge >= 0.3 is 0 Å². The molecule has 0 saturated heterocycles. The highest BCUT2D eigenvalue weighted by molar-refractivity contribution is 8.00. The zero-order chi connectivity index (χ0) is 12.1. The maximum absolute atomic E-state index is 8.95. The number of nitriles is 2. The average Bonchev–Trinajstić information content (AvgIpc) is 2.86. The normalized spacial score (nSPS) is 19.4. The van der Waals surface area contributed by atoms with E-state index in [1.54, 1.807) is 11.8 Å². The molecule has 1 aliphatic carbocycles. The number of H-pyrrole nitrogens is 1. The maximum Gasteiger partial charge on any atom is 0.183 e. The summed E-state index contributed by atoms with van der Waals surface area (Å²) in [5, 5.41) is 25.4. The lowest BCUT2D eigenvalue weighted by molar-refractivity contribution is 0.606. The van der Waals surface area contributed by atoms with Gasteiger partial charge in [-0.3, -0.25) is 5.10 Å². The summed E-state index contributed by atoms with van der Waals surface area (Å²) in [7, 11) is 0. The first-order chi connectivity index (χ1) is 8.35. The molecule has 1 fully saturated rings. The van der Waals surface area contributed by atoms with Crippen molar-refractivity contribution in [1.29, 1.82) is 10.5 Å². The lowest BCUT2D eigenvalue weighted by Gasteiger charge is -2.23. The molecule has 1 N–H and O–H groups in total. The van der Waals surface area contributed by atoms with Gasteiger partial charge in [0.1, 0.15) is 24.0 Å². The molecule has 0 radical (unpaired) electrons. The smallest absolute Gasteiger partial charge is 0.183 e. The van der Waals surface area contributed by atoms with Gasteiger partial charge in [0.05, 0.1) is 0 Å². The van der Waals surface area contributed by atoms with Gasteiger partial charge in [-0.15, -0.1) is 0 Å². The molecule has 2 rings (SSSR count). The van der Waals surface area contributed by atoms with Gasteiger partial charge in [-0.25, -0.2) is 4.98 Å². The highest BCUT2D eigenvalue weighted by Crippen LogP contribution is 2.37. The van der Waals surface area contributed by atoms with Crippen molar-refractivity contribution in [3.05, 3.63) is 17.5 Å². The van der Waals surface area contributed by atoms with Crippen LogP contribution < -0.4 is 0 Å². The zero-order valence-corrected chi connectivity index (χ0v) is 10.00. The van der Waals surface area contributed by atoms with Crippen LogP contribution in [-0.4, -0.2) is 20.4 Å².